The SMILES string of the molecule is O=C1CCC(N2Cc3cc(O[C@H]4CNCC[C@@H]4NCc4ccccc4)ccc3C2=O)C(=O)N1. The van der Waals surface area contributed by atoms with Crippen LogP contribution in [-0.2, 0) is 22.7 Å². The predicted molar refractivity (Wildman–Crippen MR) is 121 cm³/mol. The molecule has 0 saturated carbocycles. The largest absolute Gasteiger partial charge is 0.487 e. The highest BCUT2D eigenvalue weighted by Crippen LogP contribution is 2.30. The third kappa shape index (κ3) is 4.62. The van der Waals surface area contributed by atoms with Crippen molar-refractivity contribution in [1.82, 2.24) is 20.9 Å². The minimum absolute atomic E-state index is 0.0381. The highest BCUT2D eigenvalue weighted by molar-refractivity contribution is 6.05. The minimum atomic E-state index is -0.610. The zero-order valence-electron chi connectivity index (χ0n) is 18.4. The third-order valence-electron chi connectivity index (χ3n) is 6.62. The number of fused-ring (bicyclic) bond motifs is 1. The second-order valence-corrected chi connectivity index (χ2v) is 8.84. The average Bonchev–Trinajstić information content (AvgIpc) is 3.14. The zero-order chi connectivity index (χ0) is 22.8. The van der Waals surface area contributed by atoms with Gasteiger partial charge in [-0.25, -0.2) is 0 Å². The molecule has 3 N–H and O–H groups in total. The summed E-state index contributed by atoms with van der Waals surface area (Å²) in [5.41, 5.74) is 2.67. The molecule has 0 aromatic heterocycles. The van der Waals surface area contributed by atoms with Gasteiger partial charge in [0.05, 0.1) is 0 Å². The average molecular weight is 449 g/mol. The molecule has 2 aromatic rings. The van der Waals surface area contributed by atoms with E-state index >= 15 is 0 Å². The molecule has 8 heteroatoms. The van der Waals surface area contributed by atoms with Crippen molar-refractivity contribution < 1.29 is 19.1 Å². The van der Waals surface area contributed by atoms with Gasteiger partial charge in [0.15, 0.2) is 0 Å². The summed E-state index contributed by atoms with van der Waals surface area (Å²) in [7, 11) is 0. The normalized spacial score (nSPS) is 25.0. The molecule has 1 unspecified atom stereocenters. The number of nitrogens with zero attached hydrogens (tertiary/aromatic N) is 1. The van der Waals surface area contributed by atoms with Crippen molar-refractivity contribution in [3.8, 4) is 5.75 Å². The summed E-state index contributed by atoms with van der Waals surface area (Å²) in [6.07, 6.45) is 1.53. The summed E-state index contributed by atoms with van der Waals surface area (Å²) in [6, 6.07) is 15.4. The summed E-state index contributed by atoms with van der Waals surface area (Å²) in [6.45, 7) is 2.80. The van der Waals surface area contributed by atoms with Crippen LogP contribution >= 0.6 is 0 Å². The van der Waals surface area contributed by atoms with Crippen LogP contribution in [0.2, 0.25) is 0 Å². The fraction of sp³-hybridized carbons (Fsp3) is 0.400. The predicted octanol–water partition coefficient (Wildman–Crippen LogP) is 1.35. The van der Waals surface area contributed by atoms with Crippen molar-refractivity contribution in [3.05, 3.63) is 65.2 Å². The maximum absolute atomic E-state index is 12.9. The summed E-state index contributed by atoms with van der Waals surface area (Å²) in [5, 5.41) is 9.37. The number of carbonyl (C=O) groups is 3. The number of benzene rings is 2. The Balaban J connectivity index is 1.25. The Morgan fingerprint density at radius 1 is 1.06 bits per heavy atom. The first-order chi connectivity index (χ1) is 16.1. The number of ether oxygens (including phenoxy) is 1. The molecule has 5 rings (SSSR count). The van der Waals surface area contributed by atoms with E-state index in [1.165, 1.54) is 5.56 Å². The van der Waals surface area contributed by atoms with Gasteiger partial charge in [-0.2, -0.15) is 0 Å². The zero-order valence-corrected chi connectivity index (χ0v) is 18.4. The molecule has 172 valence electrons. The first-order valence-electron chi connectivity index (χ1n) is 11.5. The van der Waals surface area contributed by atoms with Gasteiger partial charge in [0, 0.05) is 37.7 Å². The van der Waals surface area contributed by atoms with E-state index in [-0.39, 0.29) is 30.4 Å². The molecule has 3 heterocycles. The van der Waals surface area contributed by atoms with Gasteiger partial charge in [-0.05, 0) is 48.7 Å². The lowest BCUT2D eigenvalue weighted by molar-refractivity contribution is -0.136. The molecule has 8 nitrogen and oxygen atoms in total. The molecule has 33 heavy (non-hydrogen) atoms. The van der Waals surface area contributed by atoms with Crippen LogP contribution in [0.3, 0.4) is 0 Å². The van der Waals surface area contributed by atoms with E-state index in [0.29, 0.717) is 24.3 Å². The van der Waals surface area contributed by atoms with E-state index in [9.17, 15) is 14.4 Å². The maximum Gasteiger partial charge on any atom is 0.255 e. The van der Waals surface area contributed by atoms with Gasteiger partial charge in [-0.15, -0.1) is 0 Å². The Hall–Kier alpha value is -3.23. The molecule has 2 fully saturated rings. The van der Waals surface area contributed by atoms with Crippen molar-refractivity contribution >= 4 is 17.7 Å². The van der Waals surface area contributed by atoms with Gasteiger partial charge in [0.1, 0.15) is 17.9 Å². The van der Waals surface area contributed by atoms with Crippen LogP contribution in [0.5, 0.6) is 5.75 Å². The number of imide groups is 1. The van der Waals surface area contributed by atoms with Crippen LogP contribution in [-0.4, -0.2) is 53.9 Å². The number of piperidine rings is 2. The van der Waals surface area contributed by atoms with E-state index in [4.69, 9.17) is 4.74 Å². The van der Waals surface area contributed by atoms with E-state index in [1.807, 2.05) is 30.3 Å². The molecule has 2 aromatic carbocycles. The van der Waals surface area contributed by atoms with Crippen molar-refractivity contribution in [3.63, 3.8) is 0 Å². The van der Waals surface area contributed by atoms with Crippen molar-refractivity contribution in [1.29, 1.82) is 0 Å². The summed E-state index contributed by atoms with van der Waals surface area (Å²) < 4.78 is 6.35. The first kappa shape index (κ1) is 21.6. The van der Waals surface area contributed by atoms with Gasteiger partial charge in [0.25, 0.3) is 5.91 Å². The van der Waals surface area contributed by atoms with Crippen LogP contribution in [0.1, 0.15) is 40.7 Å². The third-order valence-corrected chi connectivity index (χ3v) is 6.62. The molecule has 3 aliphatic heterocycles. The highest BCUT2D eigenvalue weighted by atomic mass is 16.5. The van der Waals surface area contributed by atoms with E-state index in [0.717, 1.165) is 31.6 Å². The van der Waals surface area contributed by atoms with Crippen LogP contribution in [0, 0.1) is 0 Å². The van der Waals surface area contributed by atoms with Gasteiger partial charge >= 0.3 is 0 Å². The lowest BCUT2D eigenvalue weighted by Gasteiger charge is -2.33. The lowest BCUT2D eigenvalue weighted by Crippen LogP contribution is -2.53. The van der Waals surface area contributed by atoms with Crippen molar-refractivity contribution in [2.45, 2.75) is 50.5 Å². The Bertz CT molecular complexity index is 1060. The quantitative estimate of drug-likeness (QED) is 0.577. The Morgan fingerprint density at radius 2 is 1.91 bits per heavy atom. The molecular formula is C25H28N4O4. The van der Waals surface area contributed by atoms with Crippen molar-refractivity contribution in [2.24, 2.45) is 0 Å². The standard InChI is InChI=1S/C25H28N4O4/c30-23-9-8-21(24(31)28-23)29-15-17-12-18(6-7-19(17)25(29)32)33-22-14-26-11-10-20(22)27-13-16-4-2-1-3-5-16/h1-7,12,20-22,26-27H,8-11,13-15H2,(H,28,30,31)/t20-,21?,22-/m0/s1. The van der Waals surface area contributed by atoms with E-state index < -0.39 is 11.9 Å². The fourth-order valence-electron chi connectivity index (χ4n) is 4.83. The minimum Gasteiger partial charge on any atom is -0.487 e. The number of carbonyl (C=O) groups excluding carboxylic acids is 3. The number of amides is 3. The molecule has 0 aliphatic carbocycles. The second kappa shape index (κ2) is 9.33. The second-order valence-electron chi connectivity index (χ2n) is 8.84. The van der Waals surface area contributed by atoms with Crippen LogP contribution in [0.4, 0.5) is 0 Å². The smallest absolute Gasteiger partial charge is 0.255 e. The van der Waals surface area contributed by atoms with Crippen molar-refractivity contribution in [2.75, 3.05) is 13.1 Å². The number of hydrogen-bond acceptors (Lipinski definition) is 6. The van der Waals surface area contributed by atoms with E-state index in [1.54, 1.807) is 11.0 Å². The molecule has 3 amide bonds. The highest BCUT2D eigenvalue weighted by Gasteiger charge is 2.39. The molecule has 0 spiro atoms. The van der Waals surface area contributed by atoms with Gasteiger partial charge in [-0.3, -0.25) is 19.7 Å². The Kier molecular flexibility index (Phi) is 6.11. The van der Waals surface area contributed by atoms with Gasteiger partial charge < -0.3 is 20.3 Å². The van der Waals surface area contributed by atoms with Gasteiger partial charge in [-0.1, -0.05) is 30.3 Å². The Morgan fingerprint density at radius 3 is 2.73 bits per heavy atom. The van der Waals surface area contributed by atoms with Gasteiger partial charge in [0.2, 0.25) is 11.8 Å². The first-order valence-corrected chi connectivity index (χ1v) is 11.5. The summed E-state index contributed by atoms with van der Waals surface area (Å²) >= 11 is 0. The van der Waals surface area contributed by atoms with Crippen LogP contribution < -0.4 is 20.7 Å². The monoisotopic (exact) mass is 448 g/mol. The maximum atomic E-state index is 12.9. The van der Waals surface area contributed by atoms with Crippen LogP contribution in [0.25, 0.3) is 0 Å². The van der Waals surface area contributed by atoms with E-state index in [2.05, 4.69) is 28.1 Å². The molecule has 0 radical (unpaired) electrons. The lowest BCUT2D eigenvalue weighted by atomic mass is 10.0. The Labute approximate surface area is 192 Å². The number of nitrogens with one attached hydrogen (secondary N) is 3. The topological polar surface area (TPSA) is 99.8 Å². The number of rotatable bonds is 6. The molecule has 2 saturated heterocycles. The molecule has 3 aliphatic rings. The number of hydrogen-bond donors (Lipinski definition) is 3. The van der Waals surface area contributed by atoms with Crippen LogP contribution in [0.15, 0.2) is 48.5 Å². The molecular weight excluding hydrogens is 420 g/mol. The summed E-state index contributed by atoms with van der Waals surface area (Å²) in [5.74, 6) is -0.142. The molecule has 3 atom stereocenters. The fourth-order valence-corrected chi connectivity index (χ4v) is 4.83. The molecule has 0 bridgehead atoms. The summed E-state index contributed by atoms with van der Waals surface area (Å²) in [4.78, 5) is 38.2.